The maximum Gasteiger partial charge on any atom is 0.263 e. The molecule has 2 amide bonds. The molecule has 0 bridgehead atoms. The van der Waals surface area contributed by atoms with Crippen molar-refractivity contribution in [3.63, 3.8) is 0 Å². The third kappa shape index (κ3) is 4.06. The van der Waals surface area contributed by atoms with Crippen LogP contribution in [0, 0.1) is 5.92 Å². The molecule has 24 heavy (non-hydrogen) atoms. The summed E-state index contributed by atoms with van der Waals surface area (Å²) in [7, 11) is 0. The van der Waals surface area contributed by atoms with Crippen LogP contribution in [0.15, 0.2) is 30.5 Å². The van der Waals surface area contributed by atoms with Crippen molar-refractivity contribution >= 4 is 52.2 Å². The van der Waals surface area contributed by atoms with Gasteiger partial charge in [0.15, 0.2) is 0 Å². The molecular weight excluding hydrogens is 369 g/mol. The van der Waals surface area contributed by atoms with E-state index in [2.05, 4.69) is 10.3 Å². The lowest BCUT2D eigenvalue weighted by Crippen LogP contribution is -2.43. The molecule has 2 aromatic heterocycles. The fourth-order valence-corrected chi connectivity index (χ4v) is 3.76. The number of halogens is 2. The summed E-state index contributed by atoms with van der Waals surface area (Å²) in [6.45, 7) is 1.05. The number of likely N-dealkylation sites (tertiary alicyclic amines) is 1. The van der Waals surface area contributed by atoms with E-state index < -0.39 is 0 Å². The number of hydrogen-bond acceptors (Lipinski definition) is 4. The fraction of sp³-hybridized carbons (Fsp3) is 0.312. The van der Waals surface area contributed by atoms with Crippen molar-refractivity contribution in [3.05, 3.63) is 44.7 Å². The number of amides is 2. The van der Waals surface area contributed by atoms with Gasteiger partial charge >= 0.3 is 0 Å². The summed E-state index contributed by atoms with van der Waals surface area (Å²) >= 11 is 12.9. The smallest absolute Gasteiger partial charge is 0.263 e. The number of anilines is 1. The van der Waals surface area contributed by atoms with Gasteiger partial charge in [-0.3, -0.25) is 9.59 Å². The number of thiophene rings is 1. The fourth-order valence-electron chi connectivity index (χ4n) is 2.64. The SMILES string of the molecule is O=C(Nc1ccc(Cl)cn1)C1CCCN(C(=O)c2ccc(Cl)s2)C1. The Morgan fingerprint density at radius 3 is 2.75 bits per heavy atom. The Hall–Kier alpha value is -1.63. The molecule has 0 radical (unpaired) electrons. The summed E-state index contributed by atoms with van der Waals surface area (Å²) in [5.41, 5.74) is 0. The predicted molar refractivity (Wildman–Crippen MR) is 95.8 cm³/mol. The average molecular weight is 384 g/mol. The molecule has 0 aliphatic carbocycles. The number of aromatic nitrogens is 1. The lowest BCUT2D eigenvalue weighted by molar-refractivity contribution is -0.121. The number of carbonyl (C=O) groups is 2. The van der Waals surface area contributed by atoms with Crippen LogP contribution in [0.25, 0.3) is 0 Å². The molecule has 1 aliphatic heterocycles. The van der Waals surface area contributed by atoms with E-state index in [-0.39, 0.29) is 17.7 Å². The molecule has 1 aliphatic rings. The van der Waals surface area contributed by atoms with Gasteiger partial charge in [-0.2, -0.15) is 0 Å². The van der Waals surface area contributed by atoms with Crippen LogP contribution >= 0.6 is 34.5 Å². The third-order valence-corrected chi connectivity index (χ3v) is 5.28. The van der Waals surface area contributed by atoms with Gasteiger partial charge in [0.25, 0.3) is 5.91 Å². The second kappa shape index (κ2) is 7.51. The van der Waals surface area contributed by atoms with Crippen LogP contribution in [0.5, 0.6) is 0 Å². The van der Waals surface area contributed by atoms with E-state index in [0.717, 1.165) is 12.8 Å². The quantitative estimate of drug-likeness (QED) is 0.872. The Bertz CT molecular complexity index is 748. The Kier molecular flexibility index (Phi) is 5.38. The normalized spacial score (nSPS) is 17.6. The van der Waals surface area contributed by atoms with Crippen molar-refractivity contribution in [1.29, 1.82) is 0 Å². The highest BCUT2D eigenvalue weighted by atomic mass is 35.5. The zero-order chi connectivity index (χ0) is 17.1. The maximum absolute atomic E-state index is 12.5. The van der Waals surface area contributed by atoms with Gasteiger partial charge in [0.2, 0.25) is 5.91 Å². The molecule has 1 unspecified atom stereocenters. The van der Waals surface area contributed by atoms with Gasteiger partial charge in [-0.05, 0) is 37.1 Å². The minimum absolute atomic E-state index is 0.0750. The number of rotatable bonds is 3. The third-order valence-electron chi connectivity index (χ3n) is 3.84. The van der Waals surface area contributed by atoms with E-state index in [0.29, 0.717) is 33.1 Å². The second-order valence-electron chi connectivity index (χ2n) is 5.54. The van der Waals surface area contributed by atoms with Gasteiger partial charge in [0, 0.05) is 19.3 Å². The number of nitrogens with one attached hydrogen (secondary N) is 1. The van der Waals surface area contributed by atoms with Gasteiger partial charge in [0.1, 0.15) is 5.82 Å². The van der Waals surface area contributed by atoms with Gasteiger partial charge in [-0.25, -0.2) is 4.98 Å². The summed E-state index contributed by atoms with van der Waals surface area (Å²) < 4.78 is 0.582. The number of hydrogen-bond donors (Lipinski definition) is 1. The summed E-state index contributed by atoms with van der Waals surface area (Å²) in [6.07, 6.45) is 3.01. The average Bonchev–Trinajstić information content (AvgIpc) is 3.03. The lowest BCUT2D eigenvalue weighted by Gasteiger charge is -2.31. The van der Waals surface area contributed by atoms with Gasteiger partial charge in [-0.15, -0.1) is 11.3 Å². The van der Waals surface area contributed by atoms with Crippen LogP contribution in [0.2, 0.25) is 9.36 Å². The molecule has 1 N–H and O–H groups in total. The summed E-state index contributed by atoms with van der Waals surface area (Å²) in [5, 5.41) is 3.29. The highest BCUT2D eigenvalue weighted by Crippen LogP contribution is 2.25. The van der Waals surface area contributed by atoms with Crippen molar-refractivity contribution in [2.24, 2.45) is 5.92 Å². The number of piperidine rings is 1. The van der Waals surface area contributed by atoms with E-state index in [9.17, 15) is 9.59 Å². The van der Waals surface area contributed by atoms with E-state index in [1.807, 2.05) is 0 Å². The Labute approximate surface area is 153 Å². The summed E-state index contributed by atoms with van der Waals surface area (Å²) in [5.74, 6) is -0.00551. The largest absolute Gasteiger partial charge is 0.337 e. The minimum atomic E-state index is -0.254. The van der Waals surface area contributed by atoms with Crippen LogP contribution in [-0.4, -0.2) is 34.8 Å². The molecule has 3 rings (SSSR count). The molecule has 0 saturated carbocycles. The van der Waals surface area contributed by atoms with Crippen LogP contribution in [0.3, 0.4) is 0 Å². The number of pyridine rings is 1. The molecule has 0 spiro atoms. The minimum Gasteiger partial charge on any atom is -0.337 e. The topological polar surface area (TPSA) is 62.3 Å². The zero-order valence-corrected chi connectivity index (χ0v) is 15.0. The Morgan fingerprint density at radius 2 is 2.08 bits per heavy atom. The molecule has 0 aromatic carbocycles. The van der Waals surface area contributed by atoms with E-state index in [1.54, 1.807) is 29.2 Å². The van der Waals surface area contributed by atoms with Crippen molar-refractivity contribution in [1.82, 2.24) is 9.88 Å². The van der Waals surface area contributed by atoms with Crippen LogP contribution in [0.1, 0.15) is 22.5 Å². The first kappa shape index (κ1) is 17.2. The van der Waals surface area contributed by atoms with Crippen LogP contribution < -0.4 is 5.32 Å². The first-order chi connectivity index (χ1) is 11.5. The first-order valence-electron chi connectivity index (χ1n) is 7.50. The van der Waals surface area contributed by atoms with Crippen LogP contribution in [0.4, 0.5) is 5.82 Å². The van der Waals surface area contributed by atoms with Crippen molar-refractivity contribution in [3.8, 4) is 0 Å². The molecule has 126 valence electrons. The molecule has 5 nitrogen and oxygen atoms in total. The van der Waals surface area contributed by atoms with Crippen molar-refractivity contribution in [2.45, 2.75) is 12.8 Å². The maximum atomic E-state index is 12.5. The number of nitrogens with zero attached hydrogens (tertiary/aromatic N) is 2. The van der Waals surface area contributed by atoms with E-state index in [4.69, 9.17) is 23.2 Å². The summed E-state index contributed by atoms with van der Waals surface area (Å²) in [4.78, 5) is 31.3. The van der Waals surface area contributed by atoms with Crippen molar-refractivity contribution in [2.75, 3.05) is 18.4 Å². The lowest BCUT2D eigenvalue weighted by atomic mass is 9.97. The predicted octanol–water partition coefficient (Wildman–Crippen LogP) is 3.94. The van der Waals surface area contributed by atoms with Gasteiger partial charge in [-0.1, -0.05) is 23.2 Å². The standard InChI is InChI=1S/C16H15Cl2N3O2S/c17-11-3-6-14(19-8-11)20-15(22)10-2-1-7-21(9-10)16(23)12-4-5-13(18)24-12/h3-6,8,10H,1-2,7,9H2,(H,19,20,22). The molecular formula is C16H15Cl2N3O2S. The molecule has 1 atom stereocenters. The van der Waals surface area contributed by atoms with E-state index >= 15 is 0 Å². The zero-order valence-electron chi connectivity index (χ0n) is 12.7. The Morgan fingerprint density at radius 1 is 1.25 bits per heavy atom. The highest BCUT2D eigenvalue weighted by Gasteiger charge is 2.29. The van der Waals surface area contributed by atoms with Crippen LogP contribution in [-0.2, 0) is 4.79 Å². The molecule has 1 fully saturated rings. The monoisotopic (exact) mass is 383 g/mol. The molecule has 2 aromatic rings. The number of carbonyl (C=O) groups excluding carboxylic acids is 2. The Balaban J connectivity index is 1.63. The molecule has 3 heterocycles. The molecule has 1 saturated heterocycles. The summed E-state index contributed by atoms with van der Waals surface area (Å²) in [6, 6.07) is 6.75. The van der Waals surface area contributed by atoms with E-state index in [1.165, 1.54) is 17.5 Å². The second-order valence-corrected chi connectivity index (χ2v) is 7.70. The van der Waals surface area contributed by atoms with Crippen molar-refractivity contribution < 1.29 is 9.59 Å². The van der Waals surface area contributed by atoms with Gasteiger partial charge < -0.3 is 10.2 Å². The molecule has 8 heteroatoms. The first-order valence-corrected chi connectivity index (χ1v) is 9.07. The highest BCUT2D eigenvalue weighted by molar-refractivity contribution is 7.17. The van der Waals surface area contributed by atoms with Gasteiger partial charge in [0.05, 0.1) is 20.2 Å².